The average molecular weight is 693 g/mol. The predicted octanol–water partition coefficient (Wildman–Crippen LogP) is 5.79. The number of anilines is 5. The lowest BCUT2D eigenvalue weighted by atomic mass is 9.99. The van der Waals surface area contributed by atoms with E-state index in [4.69, 9.17) is 9.57 Å². The zero-order chi connectivity index (χ0) is 34.9. The second-order valence-electron chi connectivity index (χ2n) is 13.4. The number of benzene rings is 2. The van der Waals surface area contributed by atoms with E-state index in [2.05, 4.69) is 48.8 Å². The molecule has 11 nitrogen and oxygen atoms in total. The lowest BCUT2D eigenvalue weighted by Crippen LogP contribution is -2.57. The van der Waals surface area contributed by atoms with Crippen molar-refractivity contribution < 1.29 is 27.5 Å². The van der Waals surface area contributed by atoms with Crippen LogP contribution in [-0.2, 0) is 9.63 Å². The summed E-state index contributed by atoms with van der Waals surface area (Å²) < 4.78 is 49.3. The number of piperazine rings is 1. The Bertz CT molecular complexity index is 1730. The van der Waals surface area contributed by atoms with Gasteiger partial charge in [-0.15, -0.1) is 0 Å². The first kappa shape index (κ1) is 34.1. The second kappa shape index (κ2) is 14.4. The summed E-state index contributed by atoms with van der Waals surface area (Å²) in [6, 6.07) is 7.84. The zero-order valence-electron chi connectivity index (χ0n) is 28.4. The van der Waals surface area contributed by atoms with E-state index in [0.717, 1.165) is 69.4 Å². The van der Waals surface area contributed by atoms with Gasteiger partial charge in [-0.3, -0.25) is 19.4 Å². The van der Waals surface area contributed by atoms with Gasteiger partial charge < -0.3 is 20.3 Å². The Morgan fingerprint density at radius 1 is 0.980 bits per heavy atom. The number of aromatic nitrogens is 2. The zero-order valence-corrected chi connectivity index (χ0v) is 28.4. The highest BCUT2D eigenvalue weighted by molar-refractivity contribution is 6.02. The molecule has 7 rings (SSSR count). The Balaban J connectivity index is 1.09. The van der Waals surface area contributed by atoms with Crippen molar-refractivity contribution in [3.05, 3.63) is 72.3 Å². The molecule has 0 radical (unpaired) electrons. The van der Waals surface area contributed by atoms with E-state index in [1.54, 1.807) is 19.2 Å². The van der Waals surface area contributed by atoms with Gasteiger partial charge in [0.05, 0.1) is 42.4 Å². The first-order chi connectivity index (χ1) is 24.2. The van der Waals surface area contributed by atoms with Gasteiger partial charge >= 0.3 is 0 Å². The van der Waals surface area contributed by atoms with Crippen LogP contribution in [0.25, 0.3) is 0 Å². The molecule has 4 aliphatic rings. The SMILES string of the molecule is C=CC(=O)Nc1cc(Nc2cc(N3OCCC3c3c(F)ccc(F)c3F)ncn2)c(OC)cc1N1CCC(N2CCN(C3CC3)C(C)C2)CC1. The molecular formula is C36H43F3N8O3. The van der Waals surface area contributed by atoms with Gasteiger partial charge in [0.15, 0.2) is 17.5 Å². The third kappa shape index (κ3) is 6.96. The molecule has 2 aromatic carbocycles. The summed E-state index contributed by atoms with van der Waals surface area (Å²) in [5, 5.41) is 7.46. The van der Waals surface area contributed by atoms with Crippen LogP contribution in [0, 0.1) is 17.5 Å². The maximum absolute atomic E-state index is 14.7. The molecule has 2 unspecified atom stereocenters. The third-order valence-corrected chi connectivity index (χ3v) is 10.3. The van der Waals surface area contributed by atoms with Crippen molar-refractivity contribution >= 4 is 34.6 Å². The molecule has 0 spiro atoms. The van der Waals surface area contributed by atoms with Crippen LogP contribution in [0.2, 0.25) is 0 Å². The predicted molar refractivity (Wildman–Crippen MR) is 185 cm³/mol. The summed E-state index contributed by atoms with van der Waals surface area (Å²) in [7, 11) is 1.57. The van der Waals surface area contributed by atoms with Crippen LogP contribution in [0.1, 0.15) is 50.6 Å². The number of hydrogen-bond acceptors (Lipinski definition) is 10. The molecule has 3 aliphatic heterocycles. The second-order valence-corrected chi connectivity index (χ2v) is 13.4. The van der Waals surface area contributed by atoms with Gasteiger partial charge in [0.1, 0.15) is 23.7 Å². The molecule has 2 N–H and O–H groups in total. The summed E-state index contributed by atoms with van der Waals surface area (Å²) in [4.78, 5) is 34.5. The highest BCUT2D eigenvalue weighted by Gasteiger charge is 2.38. The molecule has 3 aromatic rings. The minimum atomic E-state index is -1.26. The van der Waals surface area contributed by atoms with Crippen LogP contribution in [-0.4, -0.2) is 90.2 Å². The molecular weight excluding hydrogens is 649 g/mol. The van der Waals surface area contributed by atoms with Crippen molar-refractivity contribution in [3.8, 4) is 5.75 Å². The highest BCUT2D eigenvalue weighted by atomic mass is 19.2. The number of nitrogens with zero attached hydrogens (tertiary/aromatic N) is 6. The lowest BCUT2D eigenvalue weighted by molar-refractivity contribution is -0.111. The van der Waals surface area contributed by atoms with Crippen molar-refractivity contribution in [2.45, 2.75) is 63.2 Å². The first-order valence-electron chi connectivity index (χ1n) is 17.3. The number of nitrogens with one attached hydrogen (secondary N) is 2. The maximum atomic E-state index is 14.7. The Hall–Kier alpha value is -4.40. The summed E-state index contributed by atoms with van der Waals surface area (Å²) in [5.41, 5.74) is 1.50. The lowest BCUT2D eigenvalue weighted by Gasteiger charge is -2.46. The Kier molecular flexibility index (Phi) is 9.84. The van der Waals surface area contributed by atoms with E-state index in [9.17, 15) is 18.0 Å². The van der Waals surface area contributed by atoms with E-state index < -0.39 is 29.1 Å². The van der Waals surface area contributed by atoms with Crippen LogP contribution in [0.4, 0.5) is 41.9 Å². The van der Waals surface area contributed by atoms with Gasteiger partial charge in [-0.05, 0) is 56.9 Å². The summed E-state index contributed by atoms with van der Waals surface area (Å²) in [6.07, 6.45) is 7.43. The Morgan fingerprint density at radius 3 is 2.48 bits per heavy atom. The molecule has 50 heavy (non-hydrogen) atoms. The molecule has 266 valence electrons. The number of carbonyl (C=O) groups is 1. The summed E-state index contributed by atoms with van der Waals surface area (Å²) in [5.74, 6) is -2.57. The Labute approximate surface area is 290 Å². The number of amides is 1. The van der Waals surface area contributed by atoms with E-state index in [1.165, 1.54) is 30.3 Å². The standard InChI is InChI=1S/C36H43F3N8O3/c1-4-34(48)43-27-17-28(42-32-19-33(41-21-40-32)47-29(11-16-50-47)35-25(37)7-8-26(38)36(35)39)31(49-3)18-30(27)44-12-9-23(10-13-44)45-14-15-46(22(2)20-45)24-5-6-24/h4,7-8,17-19,21-24,29H,1,5-6,9-16,20H2,2-3H3,(H,43,48)(H,40,41,42). The number of ether oxygens (including phenoxy) is 1. The maximum Gasteiger partial charge on any atom is 0.247 e. The topological polar surface area (TPSA) is 98.3 Å². The number of carbonyl (C=O) groups excluding carboxylic acids is 1. The Morgan fingerprint density at radius 2 is 1.76 bits per heavy atom. The largest absolute Gasteiger partial charge is 0.494 e. The average Bonchev–Trinajstić information content (AvgIpc) is 3.86. The van der Waals surface area contributed by atoms with Crippen molar-refractivity contribution in [1.82, 2.24) is 19.8 Å². The van der Waals surface area contributed by atoms with Crippen LogP contribution < -0.4 is 25.3 Å². The molecule has 4 heterocycles. The minimum Gasteiger partial charge on any atom is -0.494 e. The highest BCUT2D eigenvalue weighted by Crippen LogP contribution is 2.41. The van der Waals surface area contributed by atoms with Crippen LogP contribution in [0.15, 0.2) is 49.3 Å². The van der Waals surface area contributed by atoms with Crippen LogP contribution in [0.5, 0.6) is 5.75 Å². The quantitative estimate of drug-likeness (QED) is 0.201. The van der Waals surface area contributed by atoms with Gasteiger partial charge in [0.2, 0.25) is 5.91 Å². The molecule has 0 bridgehead atoms. The molecule has 3 saturated heterocycles. The van der Waals surface area contributed by atoms with Gasteiger partial charge in [-0.2, -0.15) is 0 Å². The van der Waals surface area contributed by atoms with E-state index in [-0.39, 0.29) is 24.8 Å². The number of piperidine rings is 1. The fourth-order valence-electron chi connectivity index (χ4n) is 7.61. The van der Waals surface area contributed by atoms with Crippen molar-refractivity contribution in [3.63, 3.8) is 0 Å². The molecule has 1 aliphatic carbocycles. The van der Waals surface area contributed by atoms with Crippen LogP contribution in [0.3, 0.4) is 0 Å². The van der Waals surface area contributed by atoms with E-state index in [0.29, 0.717) is 35.0 Å². The van der Waals surface area contributed by atoms with E-state index >= 15 is 0 Å². The molecule has 1 saturated carbocycles. The number of hydroxylamine groups is 1. The van der Waals surface area contributed by atoms with Gasteiger partial charge in [0.25, 0.3) is 0 Å². The summed E-state index contributed by atoms with van der Waals surface area (Å²) in [6.45, 7) is 11.1. The third-order valence-electron chi connectivity index (χ3n) is 10.3. The molecule has 1 amide bonds. The normalized spacial score (nSPS) is 22.1. The molecule has 2 atom stereocenters. The molecule has 4 fully saturated rings. The van der Waals surface area contributed by atoms with Gasteiger partial charge in [0, 0.05) is 69.4 Å². The number of hydrogen-bond donors (Lipinski definition) is 2. The number of halogens is 3. The van der Waals surface area contributed by atoms with Crippen molar-refractivity contribution in [2.24, 2.45) is 0 Å². The number of methoxy groups -OCH3 is 1. The van der Waals surface area contributed by atoms with Crippen molar-refractivity contribution in [1.29, 1.82) is 0 Å². The monoisotopic (exact) mass is 692 g/mol. The van der Waals surface area contributed by atoms with Crippen molar-refractivity contribution in [2.75, 3.05) is 67.0 Å². The minimum absolute atomic E-state index is 0.155. The van der Waals surface area contributed by atoms with Gasteiger partial charge in [-0.25, -0.2) is 28.2 Å². The van der Waals surface area contributed by atoms with Gasteiger partial charge in [-0.1, -0.05) is 6.58 Å². The fourth-order valence-corrected chi connectivity index (χ4v) is 7.61. The number of rotatable bonds is 10. The molecule has 14 heteroatoms. The smallest absolute Gasteiger partial charge is 0.247 e. The fraction of sp³-hybridized carbons (Fsp3) is 0.472. The van der Waals surface area contributed by atoms with Crippen LogP contribution >= 0.6 is 0 Å². The first-order valence-corrected chi connectivity index (χ1v) is 17.3. The molecule has 1 aromatic heterocycles. The van der Waals surface area contributed by atoms with E-state index in [1.807, 2.05) is 6.07 Å². The summed E-state index contributed by atoms with van der Waals surface area (Å²) >= 11 is 0.